The summed E-state index contributed by atoms with van der Waals surface area (Å²) < 4.78 is 12.8. The van der Waals surface area contributed by atoms with Crippen molar-refractivity contribution in [3.8, 4) is 0 Å². The summed E-state index contributed by atoms with van der Waals surface area (Å²) in [5, 5.41) is 9.51. The van der Waals surface area contributed by atoms with E-state index in [0.29, 0.717) is 25.0 Å². The van der Waals surface area contributed by atoms with Crippen LogP contribution in [-0.2, 0) is 9.47 Å². The predicted octanol–water partition coefficient (Wildman–Crippen LogP) is -0.716. The van der Waals surface area contributed by atoms with E-state index in [4.69, 9.17) is 9.47 Å². The van der Waals surface area contributed by atoms with Crippen molar-refractivity contribution in [1.29, 1.82) is 0 Å². The smallest absolute Gasteiger partial charge is 0.330 e. The molecule has 0 amide bonds. The largest absolute Gasteiger partial charge is 0.393 e. The highest BCUT2D eigenvalue weighted by Crippen LogP contribution is 2.43. The molecule has 7 nitrogen and oxygen atoms in total. The number of ether oxygens (including phenoxy) is 2. The molecular weight excluding hydrogens is 252 g/mol. The molecule has 3 atom stereocenters. The number of hydrogen-bond donors (Lipinski definition) is 2. The molecule has 2 saturated heterocycles. The highest BCUT2D eigenvalue weighted by molar-refractivity contribution is 5.04. The quantitative estimate of drug-likeness (QED) is 0.738. The maximum absolute atomic E-state index is 11.8. The van der Waals surface area contributed by atoms with Crippen molar-refractivity contribution in [3.05, 3.63) is 32.6 Å². The van der Waals surface area contributed by atoms with Crippen molar-refractivity contribution in [1.82, 2.24) is 9.55 Å². The average molecular weight is 268 g/mol. The Labute approximate surface area is 108 Å². The Morgan fingerprint density at radius 2 is 2.37 bits per heavy atom. The molecule has 0 radical (unpaired) electrons. The summed E-state index contributed by atoms with van der Waals surface area (Å²) >= 11 is 0. The Morgan fingerprint density at radius 1 is 1.58 bits per heavy atom. The van der Waals surface area contributed by atoms with Crippen molar-refractivity contribution in [2.24, 2.45) is 0 Å². The summed E-state index contributed by atoms with van der Waals surface area (Å²) in [6.07, 6.45) is 1.87. The van der Waals surface area contributed by atoms with Gasteiger partial charge in [-0.2, -0.15) is 0 Å². The molecule has 0 bridgehead atoms. The lowest BCUT2D eigenvalue weighted by Crippen LogP contribution is -2.39. The molecule has 3 rings (SSSR count). The van der Waals surface area contributed by atoms with Gasteiger partial charge < -0.3 is 14.6 Å². The van der Waals surface area contributed by atoms with Gasteiger partial charge in [-0.05, 0) is 6.92 Å². The second-order valence-corrected chi connectivity index (χ2v) is 5.12. The number of fused-ring (bicyclic) bond motifs is 1. The van der Waals surface area contributed by atoms with Crippen molar-refractivity contribution < 1.29 is 14.6 Å². The van der Waals surface area contributed by atoms with Crippen LogP contribution in [0.15, 0.2) is 15.8 Å². The van der Waals surface area contributed by atoms with Gasteiger partial charge in [-0.15, -0.1) is 0 Å². The predicted molar refractivity (Wildman–Crippen MR) is 65.0 cm³/mol. The van der Waals surface area contributed by atoms with Gasteiger partial charge in [0.1, 0.15) is 11.8 Å². The molecule has 0 spiro atoms. The number of aliphatic hydroxyl groups excluding tert-OH is 1. The lowest BCUT2D eigenvalue weighted by molar-refractivity contribution is -0.105. The minimum absolute atomic E-state index is 0.134. The lowest BCUT2D eigenvalue weighted by Gasteiger charge is -2.25. The monoisotopic (exact) mass is 268 g/mol. The van der Waals surface area contributed by atoms with Gasteiger partial charge in [0, 0.05) is 24.6 Å². The third-order valence-electron chi connectivity index (χ3n) is 3.94. The Kier molecular flexibility index (Phi) is 2.84. The molecule has 7 heteroatoms. The van der Waals surface area contributed by atoms with Crippen LogP contribution in [-0.4, -0.2) is 39.6 Å². The Balaban J connectivity index is 1.96. The Morgan fingerprint density at radius 3 is 3.05 bits per heavy atom. The van der Waals surface area contributed by atoms with Gasteiger partial charge in [-0.1, -0.05) is 0 Å². The number of rotatable bonds is 2. The standard InChI is InChI=1S/C12H16N2O5/c1-7-5-14(11(17)13-10(7)16)9-4-8-12(6-15,19-9)2-3-18-8/h5,8-9,15H,2-4,6H2,1H3,(H,13,16,17)/t8-,9+,12+/m0/s1. The average Bonchev–Trinajstić information content (AvgIpc) is 2.90. The van der Waals surface area contributed by atoms with Crippen LogP contribution < -0.4 is 11.2 Å². The van der Waals surface area contributed by atoms with Crippen molar-refractivity contribution in [2.75, 3.05) is 13.2 Å². The highest BCUT2D eigenvalue weighted by Gasteiger charge is 2.53. The molecule has 19 heavy (non-hydrogen) atoms. The van der Waals surface area contributed by atoms with E-state index >= 15 is 0 Å². The highest BCUT2D eigenvalue weighted by atomic mass is 16.6. The zero-order valence-electron chi connectivity index (χ0n) is 10.6. The van der Waals surface area contributed by atoms with Crippen LogP contribution in [0, 0.1) is 6.92 Å². The molecule has 0 saturated carbocycles. The van der Waals surface area contributed by atoms with E-state index in [1.807, 2.05) is 0 Å². The summed E-state index contributed by atoms with van der Waals surface area (Å²) in [5.74, 6) is 0. The lowest BCUT2D eigenvalue weighted by atomic mass is 9.97. The van der Waals surface area contributed by atoms with Crippen LogP contribution >= 0.6 is 0 Å². The van der Waals surface area contributed by atoms with Crippen LogP contribution in [0.1, 0.15) is 24.6 Å². The summed E-state index contributed by atoms with van der Waals surface area (Å²) in [7, 11) is 0. The molecule has 1 aromatic rings. The van der Waals surface area contributed by atoms with Crippen LogP contribution in [0.3, 0.4) is 0 Å². The van der Waals surface area contributed by atoms with E-state index in [9.17, 15) is 14.7 Å². The molecule has 2 aliphatic heterocycles. The molecule has 2 fully saturated rings. The second kappa shape index (κ2) is 4.29. The number of aromatic nitrogens is 2. The van der Waals surface area contributed by atoms with Gasteiger partial charge in [0.05, 0.1) is 19.3 Å². The zero-order valence-corrected chi connectivity index (χ0v) is 10.6. The summed E-state index contributed by atoms with van der Waals surface area (Å²) in [6, 6.07) is 0. The first-order valence-corrected chi connectivity index (χ1v) is 6.28. The van der Waals surface area contributed by atoms with E-state index in [1.54, 1.807) is 6.92 Å². The molecule has 2 N–H and O–H groups in total. The van der Waals surface area contributed by atoms with Crippen LogP contribution in [0.2, 0.25) is 0 Å². The fourth-order valence-electron chi connectivity index (χ4n) is 2.80. The first-order valence-electron chi connectivity index (χ1n) is 6.28. The number of aryl methyl sites for hydroxylation is 1. The molecule has 0 unspecified atom stereocenters. The second-order valence-electron chi connectivity index (χ2n) is 5.12. The molecule has 0 aliphatic carbocycles. The van der Waals surface area contributed by atoms with E-state index in [-0.39, 0.29) is 12.7 Å². The fourth-order valence-corrected chi connectivity index (χ4v) is 2.80. The maximum atomic E-state index is 11.8. The Hall–Kier alpha value is -1.44. The third kappa shape index (κ3) is 1.85. The summed E-state index contributed by atoms with van der Waals surface area (Å²) in [4.78, 5) is 25.4. The fraction of sp³-hybridized carbons (Fsp3) is 0.667. The van der Waals surface area contributed by atoms with Gasteiger partial charge in [0.2, 0.25) is 0 Å². The van der Waals surface area contributed by atoms with Crippen LogP contribution in [0.4, 0.5) is 0 Å². The third-order valence-corrected chi connectivity index (χ3v) is 3.94. The van der Waals surface area contributed by atoms with Gasteiger partial charge in [0.25, 0.3) is 5.56 Å². The number of nitrogens with zero attached hydrogens (tertiary/aromatic N) is 1. The van der Waals surface area contributed by atoms with Gasteiger partial charge in [0.15, 0.2) is 0 Å². The van der Waals surface area contributed by atoms with Crippen molar-refractivity contribution in [3.63, 3.8) is 0 Å². The van der Waals surface area contributed by atoms with Gasteiger partial charge in [-0.3, -0.25) is 14.3 Å². The molecule has 0 aromatic carbocycles. The van der Waals surface area contributed by atoms with Crippen LogP contribution in [0.5, 0.6) is 0 Å². The maximum Gasteiger partial charge on any atom is 0.330 e. The Bertz CT molecular complexity index is 607. The van der Waals surface area contributed by atoms with E-state index in [1.165, 1.54) is 10.8 Å². The normalized spacial score (nSPS) is 33.6. The van der Waals surface area contributed by atoms with Crippen molar-refractivity contribution in [2.45, 2.75) is 37.7 Å². The summed E-state index contributed by atoms with van der Waals surface area (Å²) in [5.41, 5.74) is -1.17. The number of H-pyrrole nitrogens is 1. The first-order chi connectivity index (χ1) is 9.05. The van der Waals surface area contributed by atoms with Gasteiger partial charge in [-0.25, -0.2) is 4.79 Å². The van der Waals surface area contributed by atoms with Gasteiger partial charge >= 0.3 is 5.69 Å². The minimum atomic E-state index is -0.714. The molecular formula is C12H16N2O5. The molecule has 3 heterocycles. The molecule has 2 aliphatic rings. The molecule has 104 valence electrons. The first kappa shape index (κ1) is 12.6. The number of aliphatic hydroxyl groups is 1. The zero-order chi connectivity index (χ0) is 13.6. The van der Waals surface area contributed by atoms with Crippen molar-refractivity contribution >= 4 is 0 Å². The SMILES string of the molecule is Cc1cn([C@H]2C[C@@H]3OCC[C@]3(CO)O2)c(=O)[nH]c1=O. The number of nitrogens with one attached hydrogen (secondary N) is 1. The summed E-state index contributed by atoms with van der Waals surface area (Å²) in [6.45, 7) is 2.05. The molecule has 1 aromatic heterocycles. The van der Waals surface area contributed by atoms with E-state index in [2.05, 4.69) is 4.98 Å². The van der Waals surface area contributed by atoms with E-state index < -0.39 is 23.1 Å². The minimum Gasteiger partial charge on any atom is -0.393 e. The van der Waals surface area contributed by atoms with E-state index in [0.717, 1.165) is 0 Å². The number of aromatic amines is 1. The topological polar surface area (TPSA) is 93.6 Å². The van der Waals surface area contributed by atoms with Crippen LogP contribution in [0.25, 0.3) is 0 Å². The number of hydrogen-bond acceptors (Lipinski definition) is 5.